The summed E-state index contributed by atoms with van der Waals surface area (Å²) in [4.78, 5) is 8.28. The molecule has 7 heteroatoms. The van der Waals surface area contributed by atoms with Crippen LogP contribution in [0.5, 0.6) is 0 Å². The highest BCUT2D eigenvalue weighted by molar-refractivity contribution is 5.94. The number of ether oxygens (including phenoxy) is 1. The zero-order valence-electron chi connectivity index (χ0n) is 8.91. The van der Waals surface area contributed by atoms with Crippen LogP contribution >= 0.6 is 0 Å². The predicted octanol–water partition coefficient (Wildman–Crippen LogP) is 2.12. The summed E-state index contributed by atoms with van der Waals surface area (Å²) in [7, 11) is 0. The molecule has 0 unspecified atom stereocenters. The Labute approximate surface area is 95.0 Å². The first kappa shape index (κ1) is 11.7. The summed E-state index contributed by atoms with van der Waals surface area (Å²) < 4.78 is 42.4. The van der Waals surface area contributed by atoms with Gasteiger partial charge in [0.25, 0.3) is 5.90 Å². The van der Waals surface area contributed by atoms with E-state index in [9.17, 15) is 13.2 Å². The van der Waals surface area contributed by atoms with Crippen LogP contribution in [0.4, 0.5) is 13.2 Å². The third kappa shape index (κ3) is 2.48. The van der Waals surface area contributed by atoms with Crippen molar-refractivity contribution in [1.29, 1.82) is 0 Å². The van der Waals surface area contributed by atoms with Gasteiger partial charge in [0.05, 0.1) is 11.3 Å². The zero-order valence-corrected chi connectivity index (χ0v) is 8.91. The summed E-state index contributed by atoms with van der Waals surface area (Å²) in [5.41, 5.74) is -0.335. The first-order valence-corrected chi connectivity index (χ1v) is 4.86. The fourth-order valence-electron chi connectivity index (χ4n) is 1.38. The Morgan fingerprint density at radius 1 is 1.24 bits per heavy atom. The van der Waals surface area contributed by atoms with Gasteiger partial charge in [-0.3, -0.25) is 0 Å². The summed E-state index contributed by atoms with van der Waals surface area (Å²) in [6, 6.07) is 2.17. The number of aromatic nitrogens is 1. The molecule has 1 aromatic rings. The Hall–Kier alpha value is -1.79. The van der Waals surface area contributed by atoms with Gasteiger partial charge in [0.2, 0.25) is 0 Å². The Morgan fingerprint density at radius 3 is 2.53 bits per heavy atom. The number of rotatable bonds is 1. The normalized spacial score (nSPS) is 15.9. The average molecular weight is 246 g/mol. The summed E-state index contributed by atoms with van der Waals surface area (Å²) in [6.07, 6.45) is -4.45. The predicted molar refractivity (Wildman–Crippen MR) is 52.4 cm³/mol. The minimum absolute atomic E-state index is 0.162. The maximum absolute atomic E-state index is 12.4. The van der Waals surface area contributed by atoms with E-state index in [4.69, 9.17) is 9.57 Å². The zero-order chi connectivity index (χ0) is 12.5. The fraction of sp³-hybridized carbons (Fsp3) is 0.400. The van der Waals surface area contributed by atoms with Crippen molar-refractivity contribution in [3.05, 3.63) is 29.1 Å². The van der Waals surface area contributed by atoms with Crippen LogP contribution in [0.3, 0.4) is 0 Å². The van der Waals surface area contributed by atoms with Gasteiger partial charge in [0.15, 0.2) is 6.61 Å². The highest BCUT2D eigenvalue weighted by Gasteiger charge is 2.33. The average Bonchev–Trinajstić information content (AvgIpc) is 2.29. The van der Waals surface area contributed by atoms with Crippen molar-refractivity contribution in [3.8, 4) is 0 Å². The maximum atomic E-state index is 12.4. The van der Waals surface area contributed by atoms with Crippen LogP contribution in [0.2, 0.25) is 0 Å². The molecule has 1 aromatic heterocycles. The first-order chi connectivity index (χ1) is 7.98. The molecule has 0 saturated heterocycles. The lowest BCUT2D eigenvalue weighted by atomic mass is 10.2. The van der Waals surface area contributed by atoms with Crippen LogP contribution in [0.15, 0.2) is 17.3 Å². The van der Waals surface area contributed by atoms with E-state index in [0.29, 0.717) is 18.8 Å². The van der Waals surface area contributed by atoms with E-state index in [1.54, 1.807) is 0 Å². The molecule has 0 aromatic carbocycles. The second-order valence-electron chi connectivity index (χ2n) is 3.41. The number of hydrogen-bond donors (Lipinski definition) is 0. The second-order valence-corrected chi connectivity index (χ2v) is 3.41. The minimum Gasteiger partial charge on any atom is -0.471 e. The van der Waals surface area contributed by atoms with Crippen LogP contribution in [0.1, 0.15) is 17.0 Å². The number of aryl methyl sites for hydroxylation is 1. The van der Waals surface area contributed by atoms with Crippen LogP contribution in [-0.4, -0.2) is 24.1 Å². The molecule has 0 amide bonds. The van der Waals surface area contributed by atoms with Crippen LogP contribution in [-0.2, 0) is 15.8 Å². The molecule has 0 radical (unpaired) electrons. The SMILES string of the molecule is Cc1nc(C(F)(F)F)ccc1C1=NOCCO1. The van der Waals surface area contributed by atoms with Crippen molar-refractivity contribution in [2.45, 2.75) is 13.1 Å². The summed E-state index contributed by atoms with van der Waals surface area (Å²) in [6.45, 7) is 2.11. The standard InChI is InChI=1S/C10H9F3N2O2/c1-6-7(9-15-17-5-4-16-9)2-3-8(14-6)10(11,12)13/h2-3H,4-5H2,1H3. The Kier molecular flexibility index (Phi) is 2.91. The van der Waals surface area contributed by atoms with Crippen LogP contribution < -0.4 is 0 Å². The number of oxime groups is 1. The summed E-state index contributed by atoms with van der Waals surface area (Å²) in [5, 5.41) is 3.63. The van der Waals surface area contributed by atoms with Crippen molar-refractivity contribution in [1.82, 2.24) is 4.98 Å². The van der Waals surface area contributed by atoms with Gasteiger partial charge < -0.3 is 9.57 Å². The highest BCUT2D eigenvalue weighted by atomic mass is 19.4. The van der Waals surface area contributed by atoms with Crippen molar-refractivity contribution in [2.75, 3.05) is 13.2 Å². The van der Waals surface area contributed by atoms with Gasteiger partial charge >= 0.3 is 6.18 Å². The second kappa shape index (κ2) is 4.23. The number of nitrogens with zero attached hydrogens (tertiary/aromatic N) is 2. The lowest BCUT2D eigenvalue weighted by Gasteiger charge is -2.15. The molecular weight excluding hydrogens is 237 g/mol. The molecule has 17 heavy (non-hydrogen) atoms. The van der Waals surface area contributed by atoms with E-state index in [2.05, 4.69) is 10.1 Å². The molecule has 2 rings (SSSR count). The molecule has 0 N–H and O–H groups in total. The summed E-state index contributed by atoms with van der Waals surface area (Å²) >= 11 is 0. The molecular formula is C10H9F3N2O2. The van der Waals surface area contributed by atoms with Gasteiger partial charge in [-0.2, -0.15) is 13.2 Å². The van der Waals surface area contributed by atoms with Gasteiger partial charge in [-0.25, -0.2) is 4.98 Å². The van der Waals surface area contributed by atoms with Gasteiger partial charge in [0, 0.05) is 0 Å². The molecule has 1 aliphatic rings. The van der Waals surface area contributed by atoms with Crippen LogP contribution in [0, 0.1) is 6.92 Å². The van der Waals surface area contributed by atoms with E-state index in [1.807, 2.05) is 0 Å². The van der Waals surface area contributed by atoms with E-state index in [0.717, 1.165) is 6.07 Å². The monoisotopic (exact) mass is 246 g/mol. The van der Waals surface area contributed by atoms with Gasteiger partial charge in [-0.1, -0.05) is 0 Å². The number of hydrogen-bond acceptors (Lipinski definition) is 4. The fourth-order valence-corrected chi connectivity index (χ4v) is 1.38. The molecule has 0 atom stereocenters. The molecule has 0 aliphatic carbocycles. The molecule has 2 heterocycles. The first-order valence-electron chi connectivity index (χ1n) is 4.86. The highest BCUT2D eigenvalue weighted by Crippen LogP contribution is 2.28. The molecule has 0 saturated carbocycles. The number of alkyl halides is 3. The van der Waals surface area contributed by atoms with Crippen molar-refractivity contribution >= 4 is 5.90 Å². The van der Waals surface area contributed by atoms with Gasteiger partial charge in [0.1, 0.15) is 12.3 Å². The molecule has 0 fully saturated rings. The van der Waals surface area contributed by atoms with Gasteiger partial charge in [-0.15, -0.1) is 0 Å². The van der Waals surface area contributed by atoms with E-state index >= 15 is 0 Å². The largest absolute Gasteiger partial charge is 0.471 e. The topological polar surface area (TPSA) is 43.7 Å². The molecule has 92 valence electrons. The lowest BCUT2D eigenvalue weighted by molar-refractivity contribution is -0.141. The third-order valence-electron chi connectivity index (χ3n) is 2.17. The minimum atomic E-state index is -4.45. The molecule has 4 nitrogen and oxygen atoms in total. The van der Waals surface area contributed by atoms with E-state index in [-0.39, 0.29) is 11.6 Å². The summed E-state index contributed by atoms with van der Waals surface area (Å²) in [5.74, 6) is 0.162. The van der Waals surface area contributed by atoms with Crippen molar-refractivity contribution < 1.29 is 22.7 Å². The lowest BCUT2D eigenvalue weighted by Crippen LogP contribution is -2.19. The van der Waals surface area contributed by atoms with E-state index in [1.165, 1.54) is 13.0 Å². The van der Waals surface area contributed by atoms with Crippen molar-refractivity contribution in [3.63, 3.8) is 0 Å². The molecule has 0 spiro atoms. The maximum Gasteiger partial charge on any atom is 0.433 e. The molecule has 0 bridgehead atoms. The Morgan fingerprint density at radius 2 is 2.00 bits per heavy atom. The smallest absolute Gasteiger partial charge is 0.433 e. The quantitative estimate of drug-likeness (QED) is 0.762. The molecule has 1 aliphatic heterocycles. The Balaban J connectivity index is 2.35. The van der Waals surface area contributed by atoms with Crippen molar-refractivity contribution in [2.24, 2.45) is 5.16 Å². The Bertz CT molecular complexity index is 457. The van der Waals surface area contributed by atoms with E-state index < -0.39 is 11.9 Å². The van der Waals surface area contributed by atoms with Crippen LogP contribution in [0.25, 0.3) is 0 Å². The number of pyridine rings is 1. The third-order valence-corrected chi connectivity index (χ3v) is 2.17. The van der Waals surface area contributed by atoms with Gasteiger partial charge in [-0.05, 0) is 24.2 Å². The number of halogens is 3.